The quantitative estimate of drug-likeness (QED) is 0.454. The highest BCUT2D eigenvalue weighted by atomic mass is 35.5. The number of halogens is 1. The van der Waals surface area contributed by atoms with E-state index in [9.17, 15) is 4.79 Å². The van der Waals surface area contributed by atoms with Gasteiger partial charge in [-0.05, 0) is 37.5 Å². The smallest absolute Gasteiger partial charge is 0.223 e. The van der Waals surface area contributed by atoms with E-state index in [1.807, 2.05) is 42.0 Å². The summed E-state index contributed by atoms with van der Waals surface area (Å²) in [6, 6.07) is 7.88. The van der Waals surface area contributed by atoms with Crippen LogP contribution in [0, 0.1) is 12.8 Å². The van der Waals surface area contributed by atoms with Crippen LogP contribution in [0.25, 0.3) is 16.6 Å². The number of rotatable bonds is 7. The Morgan fingerprint density at radius 3 is 2.94 bits per heavy atom. The van der Waals surface area contributed by atoms with Crippen molar-refractivity contribution in [3.63, 3.8) is 0 Å². The number of benzene rings is 1. The maximum atomic E-state index is 12.1. The lowest BCUT2D eigenvalue weighted by Gasteiger charge is -2.15. The van der Waals surface area contributed by atoms with Crippen molar-refractivity contribution in [1.82, 2.24) is 24.8 Å². The summed E-state index contributed by atoms with van der Waals surface area (Å²) in [6.45, 7) is 2.57. The maximum absolute atomic E-state index is 12.1. The molecule has 3 aromatic heterocycles. The molecule has 32 heavy (non-hydrogen) atoms. The van der Waals surface area contributed by atoms with Crippen molar-refractivity contribution in [1.29, 1.82) is 0 Å². The Morgan fingerprint density at radius 2 is 2.16 bits per heavy atom. The molecule has 3 heterocycles. The molecule has 0 unspecified atom stereocenters. The number of fused-ring (bicyclic) bond motifs is 1. The van der Waals surface area contributed by atoms with Crippen LogP contribution in [0.15, 0.2) is 55.4 Å². The fourth-order valence-corrected chi connectivity index (χ4v) is 3.93. The Balaban J connectivity index is 1.43. The van der Waals surface area contributed by atoms with Gasteiger partial charge in [-0.25, -0.2) is 9.97 Å². The monoisotopic (exact) mass is 447 g/mol. The molecule has 7 nitrogen and oxygen atoms in total. The molecule has 0 radical (unpaired) electrons. The number of nitrogens with zero attached hydrogens (tertiary/aromatic N) is 4. The number of carbonyl (C=O) groups excluding carboxylic acids is 1. The lowest BCUT2D eigenvalue weighted by Crippen LogP contribution is -2.25. The predicted octanol–water partition coefficient (Wildman–Crippen LogP) is 4.38. The van der Waals surface area contributed by atoms with Gasteiger partial charge in [0.2, 0.25) is 5.91 Å². The van der Waals surface area contributed by atoms with Crippen molar-refractivity contribution >= 4 is 28.4 Å². The molecule has 1 fully saturated rings. The zero-order valence-electron chi connectivity index (χ0n) is 17.6. The highest BCUT2D eigenvalue weighted by Gasteiger charge is 2.29. The van der Waals surface area contributed by atoms with Gasteiger partial charge in [0.25, 0.3) is 0 Å². The molecule has 1 aliphatic carbocycles. The zero-order chi connectivity index (χ0) is 22.1. The number of ether oxygens (including phenoxy) is 1. The minimum Gasteiger partial charge on any atom is -0.487 e. The van der Waals surface area contributed by atoms with E-state index >= 15 is 0 Å². The lowest BCUT2D eigenvalue weighted by atomic mass is 10.1. The molecule has 1 saturated carbocycles. The summed E-state index contributed by atoms with van der Waals surface area (Å²) in [5, 5.41) is 4.44. The average Bonchev–Trinajstić information content (AvgIpc) is 3.50. The molecule has 4 aromatic rings. The van der Waals surface area contributed by atoms with Crippen LogP contribution in [0.4, 0.5) is 0 Å². The number of aryl methyl sites for hydroxylation is 1. The van der Waals surface area contributed by atoms with Gasteiger partial charge in [0, 0.05) is 53.9 Å². The summed E-state index contributed by atoms with van der Waals surface area (Å²) in [5.41, 5.74) is 4.28. The van der Waals surface area contributed by atoms with E-state index in [1.54, 1.807) is 24.9 Å². The van der Waals surface area contributed by atoms with Crippen molar-refractivity contribution in [3.05, 3.63) is 77.2 Å². The Morgan fingerprint density at radius 1 is 1.28 bits per heavy atom. The second-order valence-corrected chi connectivity index (χ2v) is 8.35. The third-order valence-corrected chi connectivity index (χ3v) is 5.88. The largest absolute Gasteiger partial charge is 0.487 e. The molecule has 1 amide bonds. The molecule has 0 spiro atoms. The van der Waals surface area contributed by atoms with Gasteiger partial charge in [-0.15, -0.1) is 0 Å². The van der Waals surface area contributed by atoms with Crippen LogP contribution in [0.5, 0.6) is 5.75 Å². The standard InChI is InChI=1S/C24H22ClN5O2/c1-15-9-21(30-8-7-26-14-30)18-3-2-4-22(23(18)29-15)32-13-19-17(10-27-12-20(19)25)11-28-24(31)16-5-6-16/h2-4,7-10,12,14,16H,5-6,11,13H2,1H3,(H,28,31). The third-order valence-electron chi connectivity index (χ3n) is 5.56. The number of amides is 1. The van der Waals surface area contributed by atoms with Gasteiger partial charge >= 0.3 is 0 Å². The number of nitrogens with one attached hydrogen (secondary N) is 1. The van der Waals surface area contributed by atoms with Crippen LogP contribution in [0.3, 0.4) is 0 Å². The minimum atomic E-state index is 0.0811. The van der Waals surface area contributed by atoms with Crippen LogP contribution in [0.1, 0.15) is 29.7 Å². The Kier molecular flexibility index (Phi) is 5.49. The molecule has 0 atom stereocenters. The molecular weight excluding hydrogens is 426 g/mol. The first kappa shape index (κ1) is 20.5. The van der Waals surface area contributed by atoms with E-state index in [-0.39, 0.29) is 18.4 Å². The normalized spacial score (nSPS) is 13.3. The van der Waals surface area contributed by atoms with E-state index in [0.29, 0.717) is 17.3 Å². The van der Waals surface area contributed by atoms with Gasteiger partial charge in [0.05, 0.1) is 17.0 Å². The molecular formula is C24H22ClN5O2. The predicted molar refractivity (Wildman–Crippen MR) is 122 cm³/mol. The highest BCUT2D eigenvalue weighted by molar-refractivity contribution is 6.31. The SMILES string of the molecule is Cc1cc(-n2ccnc2)c2cccc(OCc3c(Cl)cncc3CNC(=O)C3CC3)c2n1. The average molecular weight is 448 g/mol. The summed E-state index contributed by atoms with van der Waals surface area (Å²) in [6.07, 6.45) is 10.7. The summed E-state index contributed by atoms with van der Waals surface area (Å²) >= 11 is 6.44. The molecule has 1 aliphatic rings. The molecule has 0 aliphatic heterocycles. The molecule has 5 rings (SSSR count). The Bertz CT molecular complexity index is 1290. The number of carbonyl (C=O) groups is 1. The molecule has 0 saturated heterocycles. The van der Waals surface area contributed by atoms with Gasteiger partial charge in [-0.3, -0.25) is 9.78 Å². The summed E-state index contributed by atoms with van der Waals surface area (Å²) < 4.78 is 8.17. The number of para-hydroxylation sites is 1. The fourth-order valence-electron chi connectivity index (χ4n) is 3.70. The third kappa shape index (κ3) is 4.16. The second kappa shape index (κ2) is 8.59. The van der Waals surface area contributed by atoms with Gasteiger partial charge in [-0.1, -0.05) is 23.7 Å². The molecule has 0 bridgehead atoms. The van der Waals surface area contributed by atoms with Crippen LogP contribution < -0.4 is 10.1 Å². The van der Waals surface area contributed by atoms with Crippen molar-refractivity contribution in [2.45, 2.75) is 32.9 Å². The first-order chi connectivity index (χ1) is 15.6. The highest BCUT2D eigenvalue weighted by Crippen LogP contribution is 2.31. The fraction of sp³-hybridized carbons (Fsp3) is 0.250. The Hall–Kier alpha value is -3.45. The van der Waals surface area contributed by atoms with Crippen molar-refractivity contribution < 1.29 is 9.53 Å². The van der Waals surface area contributed by atoms with Gasteiger partial charge in [0.15, 0.2) is 0 Å². The number of imidazole rings is 1. The van der Waals surface area contributed by atoms with Crippen LogP contribution >= 0.6 is 11.6 Å². The first-order valence-electron chi connectivity index (χ1n) is 10.5. The number of hydrogen-bond acceptors (Lipinski definition) is 5. The molecule has 8 heteroatoms. The number of aromatic nitrogens is 4. The van der Waals surface area contributed by atoms with Gasteiger partial charge < -0.3 is 14.6 Å². The van der Waals surface area contributed by atoms with Crippen LogP contribution in [-0.4, -0.2) is 25.4 Å². The molecule has 1 N–H and O–H groups in total. The van der Waals surface area contributed by atoms with E-state index < -0.39 is 0 Å². The van der Waals surface area contributed by atoms with Crippen molar-refractivity contribution in [3.8, 4) is 11.4 Å². The summed E-state index contributed by atoms with van der Waals surface area (Å²) in [4.78, 5) is 25.1. The second-order valence-electron chi connectivity index (χ2n) is 7.94. The number of hydrogen-bond donors (Lipinski definition) is 1. The minimum absolute atomic E-state index is 0.0811. The van der Waals surface area contributed by atoms with E-state index in [1.165, 1.54) is 0 Å². The lowest BCUT2D eigenvalue weighted by molar-refractivity contribution is -0.122. The van der Waals surface area contributed by atoms with E-state index in [4.69, 9.17) is 21.3 Å². The van der Waals surface area contributed by atoms with E-state index in [0.717, 1.165) is 46.3 Å². The zero-order valence-corrected chi connectivity index (χ0v) is 18.3. The van der Waals surface area contributed by atoms with Gasteiger partial charge in [-0.2, -0.15) is 0 Å². The van der Waals surface area contributed by atoms with Gasteiger partial charge in [0.1, 0.15) is 17.9 Å². The maximum Gasteiger partial charge on any atom is 0.223 e. The summed E-state index contributed by atoms with van der Waals surface area (Å²) in [5.74, 6) is 0.891. The van der Waals surface area contributed by atoms with E-state index in [2.05, 4.69) is 15.3 Å². The Labute approximate surface area is 190 Å². The first-order valence-corrected chi connectivity index (χ1v) is 10.9. The topological polar surface area (TPSA) is 81.9 Å². The van der Waals surface area contributed by atoms with Crippen molar-refractivity contribution in [2.75, 3.05) is 0 Å². The molecule has 1 aromatic carbocycles. The van der Waals surface area contributed by atoms with Crippen molar-refractivity contribution in [2.24, 2.45) is 5.92 Å². The molecule has 162 valence electrons. The number of pyridine rings is 2. The summed E-state index contributed by atoms with van der Waals surface area (Å²) in [7, 11) is 0. The van der Waals surface area contributed by atoms with Crippen LogP contribution in [-0.2, 0) is 17.9 Å². The van der Waals surface area contributed by atoms with Crippen LogP contribution in [0.2, 0.25) is 5.02 Å².